The highest BCUT2D eigenvalue weighted by molar-refractivity contribution is 7.13. The van der Waals surface area contributed by atoms with Crippen LogP contribution in [-0.2, 0) is 11.3 Å². The zero-order chi connectivity index (χ0) is 13.1. The molecule has 1 amide bonds. The molecular weight excluding hydrogens is 258 g/mol. The maximum atomic E-state index is 11.7. The Hall–Kier alpha value is -1.75. The molecule has 0 unspecified atom stereocenters. The fraction of sp³-hybridized carbons (Fsp3) is 0.357. The summed E-state index contributed by atoms with van der Waals surface area (Å²) >= 11 is 1.63. The predicted molar refractivity (Wildman–Crippen MR) is 74.5 cm³/mol. The minimum Gasteiger partial charge on any atom is -0.350 e. The summed E-state index contributed by atoms with van der Waals surface area (Å²) in [4.78, 5) is 21.5. The van der Waals surface area contributed by atoms with Crippen LogP contribution in [-0.4, -0.2) is 15.9 Å². The van der Waals surface area contributed by atoms with Crippen molar-refractivity contribution in [2.45, 2.75) is 25.8 Å². The number of nitrogens with one attached hydrogen (secondary N) is 1. The van der Waals surface area contributed by atoms with Crippen LogP contribution in [0.4, 0.5) is 0 Å². The highest BCUT2D eigenvalue weighted by atomic mass is 32.1. The molecule has 98 valence electrons. The highest BCUT2D eigenvalue weighted by Gasteiger charge is 2.24. The Labute approximate surface area is 115 Å². The van der Waals surface area contributed by atoms with Gasteiger partial charge in [-0.05, 0) is 30.2 Å². The van der Waals surface area contributed by atoms with Gasteiger partial charge in [0.2, 0.25) is 5.91 Å². The molecule has 0 aliphatic heterocycles. The lowest BCUT2D eigenvalue weighted by Gasteiger charge is -2.07. The number of nitrogens with zero attached hydrogens (tertiary/aromatic N) is 2. The Morgan fingerprint density at radius 1 is 1.37 bits per heavy atom. The summed E-state index contributed by atoms with van der Waals surface area (Å²) in [7, 11) is 0. The molecule has 4 nitrogen and oxygen atoms in total. The lowest BCUT2D eigenvalue weighted by Crippen LogP contribution is -2.23. The van der Waals surface area contributed by atoms with Gasteiger partial charge >= 0.3 is 0 Å². The van der Waals surface area contributed by atoms with Crippen molar-refractivity contribution in [3.8, 4) is 10.6 Å². The smallest absolute Gasteiger partial charge is 0.220 e. The molecule has 1 saturated carbocycles. The van der Waals surface area contributed by atoms with E-state index in [0.717, 1.165) is 16.3 Å². The van der Waals surface area contributed by atoms with Gasteiger partial charge in [0.25, 0.3) is 0 Å². The van der Waals surface area contributed by atoms with Gasteiger partial charge in [0.1, 0.15) is 5.69 Å². The summed E-state index contributed by atoms with van der Waals surface area (Å²) < 4.78 is 0. The summed E-state index contributed by atoms with van der Waals surface area (Å²) in [5, 5.41) is 4.95. The first-order chi connectivity index (χ1) is 9.33. The molecule has 19 heavy (non-hydrogen) atoms. The molecule has 2 aromatic rings. The topological polar surface area (TPSA) is 54.9 Å². The normalized spacial score (nSPS) is 14.3. The van der Waals surface area contributed by atoms with Crippen molar-refractivity contribution in [2.24, 2.45) is 5.92 Å². The fourth-order valence-electron chi connectivity index (χ4n) is 1.95. The number of aromatic nitrogens is 2. The standard InChI is InChI=1S/C14H15N3OS/c18-13(8-10-3-4-10)17-9-11-14(16-6-5-15-11)12-2-1-7-19-12/h1-2,5-7,10H,3-4,8-9H2,(H,17,18). The van der Waals surface area contributed by atoms with E-state index in [1.54, 1.807) is 23.7 Å². The molecule has 2 heterocycles. The van der Waals surface area contributed by atoms with Crippen molar-refractivity contribution in [3.63, 3.8) is 0 Å². The van der Waals surface area contributed by atoms with E-state index in [1.807, 2.05) is 17.5 Å². The van der Waals surface area contributed by atoms with Crippen molar-refractivity contribution >= 4 is 17.2 Å². The third-order valence-corrected chi connectivity index (χ3v) is 4.03. The molecule has 0 spiro atoms. The minimum atomic E-state index is 0.116. The number of rotatable bonds is 5. The number of carbonyl (C=O) groups excluding carboxylic acids is 1. The highest BCUT2D eigenvalue weighted by Crippen LogP contribution is 2.32. The lowest BCUT2D eigenvalue weighted by molar-refractivity contribution is -0.121. The van der Waals surface area contributed by atoms with E-state index in [4.69, 9.17) is 0 Å². The van der Waals surface area contributed by atoms with Gasteiger partial charge in [-0.3, -0.25) is 14.8 Å². The number of amides is 1. The summed E-state index contributed by atoms with van der Waals surface area (Å²) in [5.74, 6) is 0.726. The van der Waals surface area contributed by atoms with E-state index >= 15 is 0 Å². The Balaban J connectivity index is 1.68. The molecule has 0 bridgehead atoms. The van der Waals surface area contributed by atoms with Crippen molar-refractivity contribution in [1.82, 2.24) is 15.3 Å². The van der Waals surface area contributed by atoms with Crippen LogP contribution in [0.25, 0.3) is 10.6 Å². The predicted octanol–water partition coefficient (Wildman–Crippen LogP) is 2.62. The summed E-state index contributed by atoms with van der Waals surface area (Å²) in [6.07, 6.45) is 6.39. The van der Waals surface area contributed by atoms with Crippen LogP contribution < -0.4 is 5.32 Å². The first-order valence-corrected chi connectivity index (χ1v) is 7.31. The molecule has 0 atom stereocenters. The Bertz CT molecular complexity index is 564. The van der Waals surface area contributed by atoms with Crippen LogP contribution >= 0.6 is 11.3 Å². The van der Waals surface area contributed by atoms with Gasteiger partial charge in [0.05, 0.1) is 17.1 Å². The van der Waals surface area contributed by atoms with Crippen molar-refractivity contribution in [3.05, 3.63) is 35.6 Å². The van der Waals surface area contributed by atoms with Gasteiger partial charge < -0.3 is 5.32 Å². The minimum absolute atomic E-state index is 0.116. The first-order valence-electron chi connectivity index (χ1n) is 6.43. The molecule has 0 radical (unpaired) electrons. The van der Waals surface area contributed by atoms with Gasteiger partial charge in [-0.2, -0.15) is 0 Å². The van der Waals surface area contributed by atoms with Crippen LogP contribution in [0.2, 0.25) is 0 Å². The van der Waals surface area contributed by atoms with Crippen LogP contribution in [0.5, 0.6) is 0 Å². The molecule has 1 aliphatic rings. The van der Waals surface area contributed by atoms with E-state index in [-0.39, 0.29) is 5.91 Å². The van der Waals surface area contributed by atoms with Crippen LogP contribution in [0.15, 0.2) is 29.9 Å². The van der Waals surface area contributed by atoms with E-state index in [1.165, 1.54) is 12.8 Å². The third kappa shape index (κ3) is 3.17. The summed E-state index contributed by atoms with van der Waals surface area (Å²) in [5.41, 5.74) is 1.69. The first kappa shape index (κ1) is 12.3. The molecule has 1 aliphatic carbocycles. The molecular formula is C14H15N3OS. The summed E-state index contributed by atoms with van der Waals surface area (Å²) in [6, 6.07) is 4.01. The van der Waals surface area contributed by atoms with Crippen molar-refractivity contribution in [2.75, 3.05) is 0 Å². The fourth-order valence-corrected chi connectivity index (χ4v) is 2.70. The molecule has 0 saturated heterocycles. The summed E-state index contributed by atoms with van der Waals surface area (Å²) in [6.45, 7) is 0.451. The van der Waals surface area contributed by atoms with Gasteiger partial charge in [0.15, 0.2) is 0 Å². The monoisotopic (exact) mass is 273 g/mol. The second-order valence-corrected chi connectivity index (χ2v) is 5.70. The average Bonchev–Trinajstić information content (AvgIpc) is 3.07. The number of thiophene rings is 1. The van der Waals surface area contributed by atoms with E-state index in [2.05, 4.69) is 15.3 Å². The Morgan fingerprint density at radius 2 is 2.21 bits per heavy atom. The van der Waals surface area contributed by atoms with Gasteiger partial charge in [0, 0.05) is 18.8 Å². The number of hydrogen-bond donors (Lipinski definition) is 1. The van der Waals surface area contributed by atoms with E-state index in [0.29, 0.717) is 18.9 Å². The van der Waals surface area contributed by atoms with Gasteiger partial charge in [-0.1, -0.05) is 6.07 Å². The van der Waals surface area contributed by atoms with Crippen molar-refractivity contribution in [1.29, 1.82) is 0 Å². The molecule has 1 N–H and O–H groups in total. The molecule has 0 aromatic carbocycles. The molecule has 5 heteroatoms. The number of carbonyl (C=O) groups is 1. The quantitative estimate of drug-likeness (QED) is 0.911. The average molecular weight is 273 g/mol. The van der Waals surface area contributed by atoms with Crippen LogP contribution in [0.3, 0.4) is 0 Å². The van der Waals surface area contributed by atoms with E-state index in [9.17, 15) is 4.79 Å². The van der Waals surface area contributed by atoms with Gasteiger partial charge in [-0.15, -0.1) is 11.3 Å². The zero-order valence-electron chi connectivity index (χ0n) is 10.5. The molecule has 1 fully saturated rings. The zero-order valence-corrected chi connectivity index (χ0v) is 11.3. The maximum absolute atomic E-state index is 11.7. The van der Waals surface area contributed by atoms with Crippen molar-refractivity contribution < 1.29 is 4.79 Å². The Kier molecular flexibility index (Phi) is 3.55. The Morgan fingerprint density at radius 3 is 2.95 bits per heavy atom. The molecule has 3 rings (SSSR count). The second kappa shape index (κ2) is 5.48. The number of hydrogen-bond acceptors (Lipinski definition) is 4. The van der Waals surface area contributed by atoms with E-state index < -0.39 is 0 Å². The largest absolute Gasteiger partial charge is 0.350 e. The lowest BCUT2D eigenvalue weighted by atomic mass is 10.2. The van der Waals surface area contributed by atoms with Crippen LogP contribution in [0, 0.1) is 5.92 Å². The van der Waals surface area contributed by atoms with Crippen LogP contribution in [0.1, 0.15) is 25.0 Å². The molecule has 2 aromatic heterocycles. The van der Waals surface area contributed by atoms with Gasteiger partial charge in [-0.25, -0.2) is 0 Å². The third-order valence-electron chi connectivity index (χ3n) is 3.15. The maximum Gasteiger partial charge on any atom is 0.220 e. The SMILES string of the molecule is O=C(CC1CC1)NCc1nccnc1-c1cccs1. The second-order valence-electron chi connectivity index (χ2n) is 4.75.